The Morgan fingerprint density at radius 2 is 1.96 bits per heavy atom. The SMILES string of the molecule is Cc1ccc(NC(=O)CN(C)CCCOc2ccc(F)cc2)c(Br)c1. The fourth-order valence-electron chi connectivity index (χ4n) is 2.29. The summed E-state index contributed by atoms with van der Waals surface area (Å²) in [7, 11) is 1.89. The maximum Gasteiger partial charge on any atom is 0.238 e. The van der Waals surface area contributed by atoms with Gasteiger partial charge >= 0.3 is 0 Å². The molecule has 0 fully saturated rings. The van der Waals surface area contributed by atoms with Gasteiger partial charge in [-0.1, -0.05) is 6.07 Å². The Balaban J connectivity index is 1.68. The number of halogens is 2. The maximum absolute atomic E-state index is 12.8. The summed E-state index contributed by atoms with van der Waals surface area (Å²) in [6, 6.07) is 11.7. The molecule has 0 aliphatic rings. The van der Waals surface area contributed by atoms with Crippen LogP contribution in [0.2, 0.25) is 0 Å². The number of ether oxygens (including phenoxy) is 1. The quantitative estimate of drug-likeness (QED) is 0.664. The van der Waals surface area contributed by atoms with E-state index in [1.807, 2.05) is 37.1 Å². The second kappa shape index (κ2) is 9.53. The normalized spacial score (nSPS) is 10.8. The van der Waals surface area contributed by atoms with E-state index >= 15 is 0 Å². The Labute approximate surface area is 156 Å². The molecule has 0 unspecified atom stereocenters. The number of nitrogens with zero attached hydrogens (tertiary/aromatic N) is 1. The maximum atomic E-state index is 12.8. The number of nitrogens with one attached hydrogen (secondary N) is 1. The second-order valence-electron chi connectivity index (χ2n) is 5.93. The van der Waals surface area contributed by atoms with Gasteiger partial charge in [0.05, 0.1) is 18.8 Å². The first kappa shape index (κ1) is 19.4. The van der Waals surface area contributed by atoms with E-state index in [0.29, 0.717) is 18.9 Å². The zero-order chi connectivity index (χ0) is 18.2. The molecule has 0 heterocycles. The highest BCUT2D eigenvalue weighted by atomic mass is 79.9. The van der Waals surface area contributed by atoms with Crippen LogP contribution in [0.3, 0.4) is 0 Å². The van der Waals surface area contributed by atoms with Crippen LogP contribution < -0.4 is 10.1 Å². The number of rotatable bonds is 8. The molecule has 0 saturated carbocycles. The lowest BCUT2D eigenvalue weighted by atomic mass is 10.2. The molecule has 2 aromatic carbocycles. The van der Waals surface area contributed by atoms with Crippen LogP contribution in [0.1, 0.15) is 12.0 Å². The zero-order valence-electron chi connectivity index (χ0n) is 14.4. The molecule has 2 aromatic rings. The molecule has 1 amide bonds. The van der Waals surface area contributed by atoms with Crippen LogP contribution >= 0.6 is 15.9 Å². The van der Waals surface area contributed by atoms with Gasteiger partial charge in [-0.3, -0.25) is 9.69 Å². The number of amides is 1. The number of hydrogen-bond donors (Lipinski definition) is 1. The minimum atomic E-state index is -0.279. The Kier molecular flexibility index (Phi) is 7.40. The smallest absolute Gasteiger partial charge is 0.238 e. The predicted octanol–water partition coefficient (Wildman–Crippen LogP) is 4.24. The summed E-state index contributed by atoms with van der Waals surface area (Å²) in [5, 5.41) is 2.90. The van der Waals surface area contributed by atoms with Crippen molar-refractivity contribution in [3.63, 3.8) is 0 Å². The number of benzene rings is 2. The molecular weight excluding hydrogens is 387 g/mol. The van der Waals surface area contributed by atoms with Gasteiger partial charge in [0.1, 0.15) is 11.6 Å². The average molecular weight is 409 g/mol. The molecule has 0 radical (unpaired) electrons. The molecule has 0 atom stereocenters. The Hall–Kier alpha value is -1.92. The number of anilines is 1. The van der Waals surface area contributed by atoms with Crippen molar-refractivity contribution in [3.8, 4) is 5.75 Å². The molecular formula is C19H22BrFN2O2. The van der Waals surface area contributed by atoms with E-state index in [1.54, 1.807) is 12.1 Å². The van der Waals surface area contributed by atoms with Crippen LogP contribution in [0.25, 0.3) is 0 Å². The van der Waals surface area contributed by atoms with Crippen LogP contribution in [0, 0.1) is 12.7 Å². The van der Waals surface area contributed by atoms with Gasteiger partial charge in [0.25, 0.3) is 0 Å². The van der Waals surface area contributed by atoms with Gasteiger partial charge in [0.2, 0.25) is 5.91 Å². The molecule has 2 rings (SSSR count). The molecule has 0 saturated heterocycles. The second-order valence-corrected chi connectivity index (χ2v) is 6.78. The van der Waals surface area contributed by atoms with Crippen molar-refractivity contribution in [3.05, 3.63) is 58.3 Å². The van der Waals surface area contributed by atoms with Crippen LogP contribution in [0.5, 0.6) is 5.75 Å². The first-order chi connectivity index (χ1) is 11.9. The third-order valence-electron chi connectivity index (χ3n) is 3.58. The minimum absolute atomic E-state index is 0.0634. The fourth-order valence-corrected chi connectivity index (χ4v) is 2.88. The summed E-state index contributed by atoms with van der Waals surface area (Å²) < 4.78 is 19.2. The molecule has 6 heteroatoms. The fraction of sp³-hybridized carbons (Fsp3) is 0.316. The molecule has 0 spiro atoms. The number of likely N-dealkylation sites (N-methyl/N-ethyl adjacent to an activating group) is 1. The van der Waals surface area contributed by atoms with Crippen molar-refractivity contribution in [2.75, 3.05) is 32.1 Å². The lowest BCUT2D eigenvalue weighted by Gasteiger charge is -2.17. The average Bonchev–Trinajstić information content (AvgIpc) is 2.56. The third kappa shape index (κ3) is 6.84. The predicted molar refractivity (Wildman–Crippen MR) is 102 cm³/mol. The van der Waals surface area contributed by atoms with E-state index in [2.05, 4.69) is 21.2 Å². The minimum Gasteiger partial charge on any atom is -0.494 e. The summed E-state index contributed by atoms with van der Waals surface area (Å²) in [5.74, 6) is 0.302. The Morgan fingerprint density at radius 1 is 1.24 bits per heavy atom. The first-order valence-electron chi connectivity index (χ1n) is 8.07. The van der Waals surface area contributed by atoms with Gasteiger partial charge in [0, 0.05) is 11.0 Å². The lowest BCUT2D eigenvalue weighted by molar-refractivity contribution is -0.117. The van der Waals surface area contributed by atoms with Crippen molar-refractivity contribution >= 4 is 27.5 Å². The highest BCUT2D eigenvalue weighted by Crippen LogP contribution is 2.23. The first-order valence-corrected chi connectivity index (χ1v) is 8.86. The third-order valence-corrected chi connectivity index (χ3v) is 4.23. The van der Waals surface area contributed by atoms with Gasteiger partial charge in [-0.15, -0.1) is 0 Å². The Morgan fingerprint density at radius 3 is 2.64 bits per heavy atom. The summed E-state index contributed by atoms with van der Waals surface area (Å²) in [6.45, 7) is 3.54. The molecule has 25 heavy (non-hydrogen) atoms. The van der Waals surface area contributed by atoms with E-state index in [9.17, 15) is 9.18 Å². The summed E-state index contributed by atoms with van der Waals surface area (Å²) >= 11 is 3.45. The van der Waals surface area contributed by atoms with Crippen molar-refractivity contribution in [2.45, 2.75) is 13.3 Å². The molecule has 0 bridgehead atoms. The van der Waals surface area contributed by atoms with Gasteiger partial charge in [-0.2, -0.15) is 0 Å². The molecule has 0 aliphatic heterocycles. The molecule has 0 aromatic heterocycles. The number of aryl methyl sites for hydroxylation is 1. The number of hydrogen-bond acceptors (Lipinski definition) is 3. The van der Waals surface area contributed by atoms with Crippen molar-refractivity contribution in [1.29, 1.82) is 0 Å². The van der Waals surface area contributed by atoms with Crippen LogP contribution in [0.4, 0.5) is 10.1 Å². The summed E-state index contributed by atoms with van der Waals surface area (Å²) in [6.07, 6.45) is 0.773. The summed E-state index contributed by atoms with van der Waals surface area (Å²) in [4.78, 5) is 14.0. The summed E-state index contributed by atoms with van der Waals surface area (Å²) in [5.41, 5.74) is 1.90. The Bertz CT molecular complexity index is 707. The molecule has 134 valence electrons. The van der Waals surface area contributed by atoms with E-state index in [-0.39, 0.29) is 11.7 Å². The van der Waals surface area contributed by atoms with E-state index in [0.717, 1.165) is 28.7 Å². The van der Waals surface area contributed by atoms with E-state index in [4.69, 9.17) is 4.74 Å². The molecule has 0 aliphatic carbocycles. The number of carbonyl (C=O) groups excluding carboxylic acids is 1. The van der Waals surface area contributed by atoms with Crippen molar-refractivity contribution in [1.82, 2.24) is 4.90 Å². The highest BCUT2D eigenvalue weighted by Gasteiger charge is 2.09. The van der Waals surface area contributed by atoms with Gasteiger partial charge in [-0.25, -0.2) is 4.39 Å². The van der Waals surface area contributed by atoms with Crippen LogP contribution in [-0.4, -0.2) is 37.6 Å². The standard InChI is InChI=1S/C19H22BrFN2O2/c1-14-4-9-18(17(20)12-14)22-19(24)13-23(2)10-3-11-25-16-7-5-15(21)6-8-16/h4-9,12H,3,10-11,13H2,1-2H3,(H,22,24). The lowest BCUT2D eigenvalue weighted by Crippen LogP contribution is -2.31. The van der Waals surface area contributed by atoms with Gasteiger partial charge in [-0.05, 0) is 78.3 Å². The van der Waals surface area contributed by atoms with Crippen LogP contribution in [-0.2, 0) is 4.79 Å². The topological polar surface area (TPSA) is 41.6 Å². The molecule has 1 N–H and O–H groups in total. The van der Waals surface area contributed by atoms with Gasteiger partial charge < -0.3 is 10.1 Å². The largest absolute Gasteiger partial charge is 0.494 e. The molecule has 4 nitrogen and oxygen atoms in total. The zero-order valence-corrected chi connectivity index (χ0v) is 16.0. The van der Waals surface area contributed by atoms with Crippen molar-refractivity contribution < 1.29 is 13.9 Å². The van der Waals surface area contributed by atoms with Crippen molar-refractivity contribution in [2.24, 2.45) is 0 Å². The van der Waals surface area contributed by atoms with Gasteiger partial charge in [0.15, 0.2) is 0 Å². The monoisotopic (exact) mass is 408 g/mol. The number of carbonyl (C=O) groups is 1. The van der Waals surface area contributed by atoms with E-state index < -0.39 is 0 Å². The van der Waals surface area contributed by atoms with Crippen LogP contribution in [0.15, 0.2) is 46.9 Å². The highest BCUT2D eigenvalue weighted by molar-refractivity contribution is 9.10. The van der Waals surface area contributed by atoms with E-state index in [1.165, 1.54) is 12.1 Å².